The van der Waals surface area contributed by atoms with Crippen molar-refractivity contribution < 1.29 is 0 Å². The van der Waals surface area contributed by atoms with Crippen LogP contribution >= 0.6 is 0 Å². The maximum absolute atomic E-state index is 6.74. The maximum Gasteiger partial charge on any atom is 0.0399 e. The van der Waals surface area contributed by atoms with E-state index in [0.717, 1.165) is 24.9 Å². The number of hydrogen-bond acceptors (Lipinski definition) is 2. The van der Waals surface area contributed by atoms with Crippen LogP contribution in [-0.4, -0.2) is 18.6 Å². The van der Waals surface area contributed by atoms with Crippen molar-refractivity contribution in [1.82, 2.24) is 0 Å². The lowest BCUT2D eigenvalue weighted by Crippen LogP contribution is -2.54. The summed E-state index contributed by atoms with van der Waals surface area (Å²) in [6.07, 6.45) is 6.22. The molecule has 1 aliphatic carbocycles. The third-order valence-corrected chi connectivity index (χ3v) is 5.07. The molecule has 3 atom stereocenters. The third kappa shape index (κ3) is 2.85. The van der Waals surface area contributed by atoms with Gasteiger partial charge in [-0.05, 0) is 42.7 Å². The predicted molar refractivity (Wildman–Crippen MR) is 86.1 cm³/mol. The summed E-state index contributed by atoms with van der Waals surface area (Å²) in [6, 6.07) is 8.88. The number of nitrogens with zero attached hydrogens (tertiary/aromatic N) is 1. The predicted octanol–water partition coefficient (Wildman–Crippen LogP) is 3.59. The molecule has 1 aromatic rings. The first-order valence-electron chi connectivity index (χ1n) is 8.17. The van der Waals surface area contributed by atoms with E-state index in [-0.39, 0.29) is 5.54 Å². The summed E-state index contributed by atoms with van der Waals surface area (Å²) in [5, 5.41) is 0. The average molecular weight is 272 g/mol. The molecule has 1 heterocycles. The highest BCUT2D eigenvalue weighted by molar-refractivity contribution is 5.56. The smallest absolute Gasteiger partial charge is 0.0399 e. The lowest BCUT2D eigenvalue weighted by molar-refractivity contribution is 0.236. The van der Waals surface area contributed by atoms with Crippen LogP contribution in [-0.2, 0) is 6.42 Å². The molecule has 0 bridgehead atoms. The van der Waals surface area contributed by atoms with Gasteiger partial charge in [-0.1, -0.05) is 44.9 Å². The van der Waals surface area contributed by atoms with Crippen molar-refractivity contribution in [1.29, 1.82) is 0 Å². The topological polar surface area (TPSA) is 29.3 Å². The molecular formula is C18H28N2. The standard InChI is InChI=1S/C18H28N2/c1-14-6-5-9-18(19,11-14)13-20-12-15(2)10-16-7-3-4-8-17(16)20/h3-4,7-8,14-15H,5-6,9-13,19H2,1-2H3. The number of nitrogens with two attached hydrogens (primary N) is 1. The van der Waals surface area contributed by atoms with E-state index in [1.807, 2.05) is 0 Å². The van der Waals surface area contributed by atoms with Gasteiger partial charge in [0.15, 0.2) is 0 Å². The summed E-state index contributed by atoms with van der Waals surface area (Å²) in [7, 11) is 0. The van der Waals surface area contributed by atoms with E-state index in [2.05, 4.69) is 43.0 Å². The van der Waals surface area contributed by atoms with Crippen LogP contribution in [0.25, 0.3) is 0 Å². The zero-order chi connectivity index (χ0) is 14.2. The quantitative estimate of drug-likeness (QED) is 0.891. The lowest BCUT2D eigenvalue weighted by atomic mass is 9.76. The Labute approximate surface area is 123 Å². The molecule has 2 heteroatoms. The molecule has 2 nitrogen and oxygen atoms in total. The van der Waals surface area contributed by atoms with Crippen LogP contribution in [0, 0.1) is 11.8 Å². The normalized spacial score (nSPS) is 33.9. The van der Waals surface area contributed by atoms with Gasteiger partial charge in [-0.15, -0.1) is 0 Å². The Morgan fingerprint density at radius 3 is 2.85 bits per heavy atom. The molecule has 1 fully saturated rings. The number of anilines is 1. The van der Waals surface area contributed by atoms with Crippen molar-refractivity contribution >= 4 is 5.69 Å². The minimum absolute atomic E-state index is 0.0157. The lowest BCUT2D eigenvalue weighted by Gasteiger charge is -2.44. The molecular weight excluding hydrogens is 244 g/mol. The second-order valence-corrected chi connectivity index (χ2v) is 7.38. The molecule has 1 aromatic carbocycles. The number of benzene rings is 1. The summed E-state index contributed by atoms with van der Waals surface area (Å²) in [5.41, 5.74) is 9.68. The van der Waals surface area contributed by atoms with Crippen LogP contribution in [0.5, 0.6) is 0 Å². The van der Waals surface area contributed by atoms with Gasteiger partial charge in [0.05, 0.1) is 0 Å². The molecule has 110 valence electrons. The molecule has 0 spiro atoms. The van der Waals surface area contributed by atoms with E-state index in [4.69, 9.17) is 5.73 Å². The molecule has 0 saturated heterocycles. The van der Waals surface area contributed by atoms with Gasteiger partial charge in [0.2, 0.25) is 0 Å². The van der Waals surface area contributed by atoms with Gasteiger partial charge < -0.3 is 10.6 Å². The summed E-state index contributed by atoms with van der Waals surface area (Å²) < 4.78 is 0. The van der Waals surface area contributed by atoms with Crippen molar-refractivity contribution in [2.45, 2.75) is 51.5 Å². The Kier molecular flexibility index (Phi) is 3.76. The summed E-state index contributed by atoms with van der Waals surface area (Å²) in [4.78, 5) is 2.56. The number of hydrogen-bond donors (Lipinski definition) is 1. The van der Waals surface area contributed by atoms with Gasteiger partial charge >= 0.3 is 0 Å². The van der Waals surface area contributed by atoms with E-state index in [1.165, 1.54) is 43.4 Å². The molecule has 0 amide bonds. The zero-order valence-corrected chi connectivity index (χ0v) is 12.9. The van der Waals surface area contributed by atoms with E-state index in [0.29, 0.717) is 0 Å². The first-order valence-corrected chi connectivity index (χ1v) is 8.17. The third-order valence-electron chi connectivity index (χ3n) is 5.07. The summed E-state index contributed by atoms with van der Waals surface area (Å²) in [6.45, 7) is 6.90. The Bertz CT molecular complexity index is 470. The van der Waals surface area contributed by atoms with E-state index < -0.39 is 0 Å². The maximum atomic E-state index is 6.74. The fourth-order valence-corrected chi connectivity index (χ4v) is 4.28. The number of fused-ring (bicyclic) bond motifs is 1. The minimum atomic E-state index is 0.0157. The van der Waals surface area contributed by atoms with Gasteiger partial charge in [0.1, 0.15) is 0 Å². The number of rotatable bonds is 2. The monoisotopic (exact) mass is 272 g/mol. The van der Waals surface area contributed by atoms with Gasteiger partial charge in [-0.25, -0.2) is 0 Å². The van der Waals surface area contributed by atoms with Gasteiger partial charge in [-0.3, -0.25) is 0 Å². The minimum Gasteiger partial charge on any atom is -0.369 e. The highest BCUT2D eigenvalue weighted by Gasteiger charge is 2.34. The van der Waals surface area contributed by atoms with Crippen LogP contribution in [0.15, 0.2) is 24.3 Å². The largest absolute Gasteiger partial charge is 0.369 e. The highest BCUT2D eigenvalue weighted by Crippen LogP contribution is 2.35. The first kappa shape index (κ1) is 13.9. The Hall–Kier alpha value is -1.02. The molecule has 2 aliphatic rings. The van der Waals surface area contributed by atoms with Crippen molar-refractivity contribution in [3.63, 3.8) is 0 Å². The summed E-state index contributed by atoms with van der Waals surface area (Å²) in [5.74, 6) is 1.51. The molecule has 3 rings (SSSR count). The van der Waals surface area contributed by atoms with E-state index in [9.17, 15) is 0 Å². The summed E-state index contributed by atoms with van der Waals surface area (Å²) >= 11 is 0. The molecule has 1 saturated carbocycles. The Balaban J connectivity index is 1.80. The van der Waals surface area contributed by atoms with Gasteiger partial charge in [0.25, 0.3) is 0 Å². The molecule has 20 heavy (non-hydrogen) atoms. The molecule has 1 aliphatic heterocycles. The molecule has 2 N–H and O–H groups in total. The van der Waals surface area contributed by atoms with Gasteiger partial charge in [-0.2, -0.15) is 0 Å². The van der Waals surface area contributed by atoms with E-state index in [1.54, 1.807) is 0 Å². The molecule has 0 aromatic heterocycles. The Morgan fingerprint density at radius 1 is 1.25 bits per heavy atom. The van der Waals surface area contributed by atoms with Crippen LogP contribution in [0.3, 0.4) is 0 Å². The average Bonchev–Trinajstić information content (AvgIpc) is 2.37. The van der Waals surface area contributed by atoms with Crippen molar-refractivity contribution in [3.8, 4) is 0 Å². The SMILES string of the molecule is CC1Cc2ccccc2N(CC2(N)CCCC(C)C2)C1. The fourth-order valence-electron chi connectivity index (χ4n) is 4.28. The van der Waals surface area contributed by atoms with Crippen LogP contribution in [0.1, 0.15) is 45.1 Å². The van der Waals surface area contributed by atoms with E-state index >= 15 is 0 Å². The van der Waals surface area contributed by atoms with Gasteiger partial charge in [0, 0.05) is 24.3 Å². The van der Waals surface area contributed by atoms with Crippen molar-refractivity contribution in [2.75, 3.05) is 18.0 Å². The zero-order valence-electron chi connectivity index (χ0n) is 12.9. The van der Waals surface area contributed by atoms with Crippen molar-refractivity contribution in [3.05, 3.63) is 29.8 Å². The highest BCUT2D eigenvalue weighted by atomic mass is 15.2. The second-order valence-electron chi connectivity index (χ2n) is 7.38. The number of para-hydroxylation sites is 1. The van der Waals surface area contributed by atoms with Crippen LogP contribution < -0.4 is 10.6 Å². The Morgan fingerprint density at radius 2 is 2.05 bits per heavy atom. The molecule has 3 unspecified atom stereocenters. The van der Waals surface area contributed by atoms with Crippen molar-refractivity contribution in [2.24, 2.45) is 17.6 Å². The van der Waals surface area contributed by atoms with Crippen LogP contribution in [0.2, 0.25) is 0 Å². The fraction of sp³-hybridized carbons (Fsp3) is 0.667. The second kappa shape index (κ2) is 5.40. The first-order chi connectivity index (χ1) is 9.56. The van der Waals surface area contributed by atoms with Crippen LogP contribution in [0.4, 0.5) is 5.69 Å². The molecule has 0 radical (unpaired) electrons.